The molecule has 1 heterocycles. The summed E-state index contributed by atoms with van der Waals surface area (Å²) in [7, 11) is 5.53. The van der Waals surface area contributed by atoms with Gasteiger partial charge in [-0.15, -0.1) is 0 Å². The number of hydrogen-bond acceptors (Lipinski definition) is 5. The first-order chi connectivity index (χ1) is 14.5. The van der Waals surface area contributed by atoms with Gasteiger partial charge >= 0.3 is 0 Å². The second-order valence-electron chi connectivity index (χ2n) is 6.97. The monoisotopic (exact) mass is 412 g/mol. The summed E-state index contributed by atoms with van der Waals surface area (Å²) < 4.78 is 29.4. The van der Waals surface area contributed by atoms with Gasteiger partial charge in [-0.3, -0.25) is 4.79 Å². The van der Waals surface area contributed by atoms with E-state index in [1.54, 1.807) is 19.2 Å². The molecule has 6 nitrogen and oxygen atoms in total. The second kappa shape index (κ2) is 9.93. The summed E-state index contributed by atoms with van der Waals surface area (Å²) in [4.78, 5) is 14.5. The summed E-state index contributed by atoms with van der Waals surface area (Å²) in [6.07, 6.45) is 0. The van der Waals surface area contributed by atoms with E-state index in [9.17, 15) is 9.18 Å². The molecule has 2 aromatic carbocycles. The van der Waals surface area contributed by atoms with E-state index in [2.05, 4.69) is 5.32 Å². The van der Waals surface area contributed by atoms with Gasteiger partial charge < -0.3 is 24.1 Å². The Bertz CT molecular complexity index is 969. The van der Waals surface area contributed by atoms with Gasteiger partial charge in [-0.1, -0.05) is 12.1 Å². The van der Waals surface area contributed by atoms with E-state index in [-0.39, 0.29) is 30.1 Å². The normalized spacial score (nSPS) is 11.9. The minimum atomic E-state index is -0.329. The zero-order chi connectivity index (χ0) is 21.5. The zero-order valence-corrected chi connectivity index (χ0v) is 17.2. The lowest BCUT2D eigenvalue weighted by molar-refractivity contribution is 0.0910. The average Bonchev–Trinajstić information content (AvgIpc) is 3.22. The minimum Gasteiger partial charge on any atom is -0.497 e. The van der Waals surface area contributed by atoms with Crippen molar-refractivity contribution in [2.45, 2.75) is 12.6 Å². The number of ether oxygens (including phenoxy) is 2. The minimum absolute atomic E-state index is 0.0275. The molecule has 0 aliphatic heterocycles. The molecule has 0 radical (unpaired) electrons. The first-order valence-electron chi connectivity index (χ1n) is 9.52. The van der Waals surface area contributed by atoms with Crippen molar-refractivity contribution < 1.29 is 23.1 Å². The van der Waals surface area contributed by atoms with E-state index in [0.717, 1.165) is 11.3 Å². The molecule has 1 aromatic heterocycles. The largest absolute Gasteiger partial charge is 0.497 e. The second-order valence-corrected chi connectivity index (χ2v) is 6.97. The fraction of sp³-hybridized carbons (Fsp3) is 0.261. The Balaban J connectivity index is 1.57. The van der Waals surface area contributed by atoms with E-state index in [0.29, 0.717) is 18.1 Å². The van der Waals surface area contributed by atoms with Gasteiger partial charge in [-0.25, -0.2) is 4.39 Å². The van der Waals surface area contributed by atoms with Gasteiger partial charge in [-0.05, 0) is 68.2 Å². The van der Waals surface area contributed by atoms with Gasteiger partial charge in [0.25, 0.3) is 5.91 Å². The van der Waals surface area contributed by atoms with Gasteiger partial charge in [0.1, 0.15) is 29.7 Å². The van der Waals surface area contributed by atoms with Crippen molar-refractivity contribution in [1.82, 2.24) is 10.2 Å². The highest BCUT2D eigenvalue weighted by atomic mass is 19.1. The molecule has 0 aliphatic carbocycles. The molecule has 0 saturated heterocycles. The van der Waals surface area contributed by atoms with Crippen molar-refractivity contribution in [3.63, 3.8) is 0 Å². The molecule has 0 aliphatic rings. The highest BCUT2D eigenvalue weighted by Gasteiger charge is 2.18. The molecular formula is C23H25FN2O4. The molecule has 3 aromatic rings. The molecule has 1 atom stereocenters. The highest BCUT2D eigenvalue weighted by molar-refractivity contribution is 5.91. The summed E-state index contributed by atoms with van der Waals surface area (Å²) in [5.41, 5.74) is 1.03. The predicted molar refractivity (Wildman–Crippen MR) is 111 cm³/mol. The van der Waals surface area contributed by atoms with E-state index in [4.69, 9.17) is 13.9 Å². The lowest BCUT2D eigenvalue weighted by Gasteiger charge is -2.25. The molecule has 0 spiro atoms. The Kier molecular flexibility index (Phi) is 7.08. The van der Waals surface area contributed by atoms with E-state index in [1.165, 1.54) is 24.3 Å². The Morgan fingerprint density at radius 3 is 2.57 bits per heavy atom. The van der Waals surface area contributed by atoms with Crippen molar-refractivity contribution in [2.75, 3.05) is 27.7 Å². The summed E-state index contributed by atoms with van der Waals surface area (Å²) >= 11 is 0. The fourth-order valence-corrected chi connectivity index (χ4v) is 2.99. The summed E-state index contributed by atoms with van der Waals surface area (Å²) in [6, 6.07) is 16.7. The lowest BCUT2D eigenvalue weighted by atomic mass is 10.1. The van der Waals surface area contributed by atoms with Crippen molar-refractivity contribution in [3.8, 4) is 11.5 Å². The van der Waals surface area contributed by atoms with E-state index in [1.807, 2.05) is 43.3 Å². The molecule has 0 saturated carbocycles. The van der Waals surface area contributed by atoms with Gasteiger partial charge in [-0.2, -0.15) is 0 Å². The number of carbonyl (C=O) groups is 1. The van der Waals surface area contributed by atoms with Gasteiger partial charge in [0, 0.05) is 6.54 Å². The van der Waals surface area contributed by atoms with E-state index >= 15 is 0 Å². The number of benzene rings is 2. The van der Waals surface area contributed by atoms with Crippen molar-refractivity contribution in [3.05, 3.63) is 83.6 Å². The van der Waals surface area contributed by atoms with Gasteiger partial charge in [0.2, 0.25) is 0 Å². The third-order valence-electron chi connectivity index (χ3n) is 4.64. The topological polar surface area (TPSA) is 63.9 Å². The van der Waals surface area contributed by atoms with Crippen LogP contribution in [0.2, 0.25) is 0 Å². The smallest absolute Gasteiger partial charge is 0.287 e. The highest BCUT2D eigenvalue weighted by Crippen LogP contribution is 2.22. The van der Waals surface area contributed by atoms with Crippen molar-refractivity contribution in [1.29, 1.82) is 0 Å². The maximum atomic E-state index is 12.9. The number of rotatable bonds is 9. The van der Waals surface area contributed by atoms with Crippen LogP contribution in [0.25, 0.3) is 0 Å². The van der Waals surface area contributed by atoms with Crippen molar-refractivity contribution >= 4 is 5.91 Å². The number of methoxy groups -OCH3 is 1. The standard InChI is InChI=1S/C23H25FN2O4/c1-26(2)21(16-5-4-6-19(13-16)28-3)14-25-23(27)22-12-11-20(30-22)15-29-18-9-7-17(24)8-10-18/h4-13,21H,14-15H2,1-3H3,(H,25,27). The number of halogens is 1. The van der Waals surface area contributed by atoms with Gasteiger partial charge in [0.15, 0.2) is 5.76 Å². The van der Waals surface area contributed by atoms with E-state index < -0.39 is 0 Å². The SMILES string of the molecule is COc1cccc(C(CNC(=O)c2ccc(COc3ccc(F)cc3)o2)N(C)C)c1. The molecule has 0 bridgehead atoms. The van der Waals surface area contributed by atoms with Crippen LogP contribution in [-0.2, 0) is 6.61 Å². The average molecular weight is 412 g/mol. The molecule has 3 rings (SSSR count). The molecule has 30 heavy (non-hydrogen) atoms. The van der Waals surface area contributed by atoms with Crippen LogP contribution in [0, 0.1) is 5.82 Å². The van der Waals surface area contributed by atoms with Crippen LogP contribution in [0.3, 0.4) is 0 Å². The number of amides is 1. The van der Waals surface area contributed by atoms with Crippen LogP contribution in [-0.4, -0.2) is 38.6 Å². The Morgan fingerprint density at radius 2 is 1.87 bits per heavy atom. The Hall–Kier alpha value is -3.32. The van der Waals surface area contributed by atoms with Gasteiger partial charge in [0.05, 0.1) is 13.2 Å². The first-order valence-corrected chi connectivity index (χ1v) is 9.52. The molecule has 1 N–H and O–H groups in total. The third-order valence-corrected chi connectivity index (χ3v) is 4.64. The Morgan fingerprint density at radius 1 is 1.10 bits per heavy atom. The molecule has 0 fully saturated rings. The lowest BCUT2D eigenvalue weighted by Crippen LogP contribution is -2.34. The number of carbonyl (C=O) groups excluding carboxylic acids is 1. The fourth-order valence-electron chi connectivity index (χ4n) is 2.99. The van der Waals surface area contributed by atoms with Crippen LogP contribution in [0.5, 0.6) is 11.5 Å². The summed E-state index contributed by atoms with van der Waals surface area (Å²) in [5, 5.41) is 2.91. The van der Waals surface area contributed by atoms with Crippen molar-refractivity contribution in [2.24, 2.45) is 0 Å². The van der Waals surface area contributed by atoms with Crippen LogP contribution in [0.1, 0.15) is 27.9 Å². The quantitative estimate of drug-likeness (QED) is 0.575. The number of likely N-dealkylation sites (N-methyl/N-ethyl adjacent to an activating group) is 1. The molecule has 1 amide bonds. The number of nitrogens with zero attached hydrogens (tertiary/aromatic N) is 1. The molecular weight excluding hydrogens is 387 g/mol. The van der Waals surface area contributed by atoms with Crippen LogP contribution in [0.4, 0.5) is 4.39 Å². The molecule has 158 valence electrons. The maximum Gasteiger partial charge on any atom is 0.287 e. The number of nitrogens with one attached hydrogen (secondary N) is 1. The molecule has 1 unspecified atom stereocenters. The molecule has 7 heteroatoms. The number of hydrogen-bond donors (Lipinski definition) is 1. The Labute approximate surface area is 175 Å². The van der Waals surface area contributed by atoms with Crippen LogP contribution < -0.4 is 14.8 Å². The summed E-state index contributed by atoms with van der Waals surface area (Å²) in [5.74, 6) is 1.35. The zero-order valence-electron chi connectivity index (χ0n) is 17.2. The third kappa shape index (κ3) is 5.61. The maximum absolute atomic E-state index is 12.9. The first kappa shape index (κ1) is 21.4. The van der Waals surface area contributed by atoms with Crippen LogP contribution in [0.15, 0.2) is 65.1 Å². The van der Waals surface area contributed by atoms with Crippen LogP contribution >= 0.6 is 0 Å². The predicted octanol–water partition coefficient (Wildman–Crippen LogP) is 4.04. The summed E-state index contributed by atoms with van der Waals surface area (Å²) in [6.45, 7) is 0.546. The number of furan rings is 1.